The Morgan fingerprint density at radius 3 is 1.41 bits per heavy atom. The van der Waals surface area contributed by atoms with E-state index in [0.717, 1.165) is 88.7 Å². The summed E-state index contributed by atoms with van der Waals surface area (Å²) in [4.78, 5) is 16.2. The fraction of sp³-hybridized carbons (Fsp3) is 0.113. The Morgan fingerprint density at radius 1 is 0.316 bits per heavy atom. The molecule has 13 rings (SSSR count). The number of rotatable bonds is 8. The highest BCUT2D eigenvalue weighted by molar-refractivity contribution is 6.13. The van der Waals surface area contributed by atoms with Crippen LogP contribution in [0.1, 0.15) is 52.7 Å². The summed E-state index contributed by atoms with van der Waals surface area (Å²) in [6.07, 6.45) is 0. The quantitative estimate of drug-likeness (QED) is 0.152. The second kappa shape index (κ2) is 18.3. The lowest BCUT2D eigenvalue weighted by Crippen LogP contribution is -2.10. The van der Waals surface area contributed by atoms with Crippen LogP contribution >= 0.6 is 0 Å². The first-order valence-electron chi connectivity index (χ1n) is 26.2. The summed E-state index contributed by atoms with van der Waals surface area (Å²) >= 11 is 0. The lowest BCUT2D eigenvalue weighted by Gasteiger charge is -2.22. The van der Waals surface area contributed by atoms with Crippen molar-refractivity contribution >= 4 is 43.7 Å². The van der Waals surface area contributed by atoms with Gasteiger partial charge in [0.25, 0.3) is 0 Å². The zero-order chi connectivity index (χ0) is 51.7. The van der Waals surface area contributed by atoms with Crippen LogP contribution in [0.5, 0.6) is 0 Å². The number of benzene rings is 10. The van der Waals surface area contributed by atoms with E-state index < -0.39 is 0 Å². The maximum Gasteiger partial charge on any atom is 0.164 e. The molecular weight excluding hydrogens is 925 g/mol. The van der Waals surface area contributed by atoms with Gasteiger partial charge in [-0.3, -0.25) is 0 Å². The zero-order valence-corrected chi connectivity index (χ0v) is 43.6. The highest BCUT2D eigenvalue weighted by Gasteiger charge is 2.26. The van der Waals surface area contributed by atoms with Crippen molar-refractivity contribution in [2.75, 3.05) is 0 Å². The maximum absolute atomic E-state index is 6.43. The highest BCUT2D eigenvalue weighted by Crippen LogP contribution is 2.46. The average molecular weight is 981 g/mol. The Bertz CT molecular complexity index is 4250. The minimum Gasteiger partial charge on any atom is -0.456 e. The topological polar surface area (TPSA) is 56.7 Å². The van der Waals surface area contributed by atoms with Gasteiger partial charge in [0.1, 0.15) is 11.2 Å². The van der Waals surface area contributed by atoms with Gasteiger partial charge in [-0.15, -0.1) is 0 Å². The monoisotopic (exact) mass is 980 g/mol. The second-order valence-corrected chi connectivity index (χ2v) is 22.1. The fourth-order valence-corrected chi connectivity index (χ4v) is 10.9. The summed E-state index contributed by atoms with van der Waals surface area (Å²) in [5.74, 6) is 1.71. The molecule has 3 aromatic heterocycles. The molecule has 0 N–H and O–H groups in total. The molecule has 0 spiro atoms. The van der Waals surface area contributed by atoms with Crippen LogP contribution in [0.25, 0.3) is 128 Å². The first-order valence-corrected chi connectivity index (χ1v) is 26.2. The van der Waals surface area contributed by atoms with E-state index in [9.17, 15) is 0 Å². The van der Waals surface area contributed by atoms with Gasteiger partial charge in [-0.25, -0.2) is 15.0 Å². The smallest absolute Gasteiger partial charge is 0.164 e. The van der Waals surface area contributed by atoms with E-state index in [1.807, 2.05) is 30.3 Å². The molecule has 0 saturated heterocycles. The Morgan fingerprint density at radius 2 is 0.776 bits per heavy atom. The third-order valence-electron chi connectivity index (χ3n) is 15.0. The predicted molar refractivity (Wildman–Crippen MR) is 317 cm³/mol. The van der Waals surface area contributed by atoms with E-state index in [-0.39, 0.29) is 10.8 Å². The van der Waals surface area contributed by atoms with Gasteiger partial charge in [0.05, 0.1) is 16.7 Å². The van der Waals surface area contributed by atoms with Crippen LogP contribution in [0.3, 0.4) is 0 Å². The van der Waals surface area contributed by atoms with E-state index in [1.54, 1.807) is 0 Å². The van der Waals surface area contributed by atoms with Crippen molar-refractivity contribution in [3.63, 3.8) is 0 Å². The number of fused-ring (bicyclic) bond motifs is 6. The van der Waals surface area contributed by atoms with Crippen LogP contribution in [-0.2, 0) is 10.8 Å². The van der Waals surface area contributed by atoms with Gasteiger partial charge >= 0.3 is 0 Å². The van der Waals surface area contributed by atoms with E-state index in [1.165, 1.54) is 33.0 Å². The Labute approximate surface area is 443 Å². The van der Waals surface area contributed by atoms with Crippen LogP contribution < -0.4 is 0 Å². The zero-order valence-electron chi connectivity index (χ0n) is 43.6. The van der Waals surface area contributed by atoms with Crippen molar-refractivity contribution in [1.82, 2.24) is 19.5 Å². The summed E-state index contributed by atoms with van der Waals surface area (Å²) in [6.45, 7) is 13.7. The third-order valence-corrected chi connectivity index (χ3v) is 15.0. The Hall–Kier alpha value is -9.19. The summed E-state index contributed by atoms with van der Waals surface area (Å²) in [5.41, 5.74) is 19.1. The molecular formula is C71H56N4O. The van der Waals surface area contributed by atoms with Crippen LogP contribution in [0.15, 0.2) is 235 Å². The molecule has 5 heteroatoms. The number of aromatic nitrogens is 4. The summed E-state index contributed by atoms with van der Waals surface area (Å²) in [6, 6.07) is 82.6. The van der Waals surface area contributed by atoms with Crippen LogP contribution in [-0.4, -0.2) is 19.5 Å². The molecule has 0 unspecified atom stereocenters. The minimum absolute atomic E-state index is 0.0581. The van der Waals surface area contributed by atoms with E-state index in [4.69, 9.17) is 19.4 Å². The standard InChI is InChI=1S/C71H56N4O/c1-70(2,3)53-36-33-47(34-37-53)51-35-39-61-59(41-51)60-44-54(71(4,5)6)38-40-62(60)75(61)66-57(48-21-12-8-13-22-48)42-52(43-58(66)49-23-14-9-15-24-49)68-72-67(50-31-29-46(30-32-50)45-19-10-7-11-20-45)73-69(74-68)56-26-18-28-64-65(56)55-25-16-17-27-63(55)76-64/h7-44H,1-6H3. The molecule has 0 atom stereocenters. The van der Waals surface area contributed by atoms with Gasteiger partial charge in [0, 0.05) is 49.4 Å². The van der Waals surface area contributed by atoms with Crippen molar-refractivity contribution in [1.29, 1.82) is 0 Å². The van der Waals surface area contributed by atoms with E-state index in [2.05, 4.69) is 246 Å². The number of hydrogen-bond acceptors (Lipinski definition) is 4. The van der Waals surface area contributed by atoms with Gasteiger partial charge in [-0.1, -0.05) is 224 Å². The van der Waals surface area contributed by atoms with Gasteiger partial charge in [0.2, 0.25) is 0 Å². The number of para-hydroxylation sites is 1. The first-order chi connectivity index (χ1) is 36.9. The molecule has 0 aliphatic carbocycles. The lowest BCUT2D eigenvalue weighted by atomic mass is 9.86. The molecule has 10 aromatic carbocycles. The Kier molecular flexibility index (Phi) is 11.2. The molecule has 0 radical (unpaired) electrons. The van der Waals surface area contributed by atoms with Crippen LogP contribution in [0.4, 0.5) is 0 Å². The predicted octanol–water partition coefficient (Wildman–Crippen LogP) is 19.1. The molecule has 366 valence electrons. The Balaban J connectivity index is 1.09. The minimum atomic E-state index is -0.0581. The van der Waals surface area contributed by atoms with Crippen molar-refractivity contribution in [2.24, 2.45) is 0 Å². The average Bonchev–Trinajstić information content (AvgIpc) is 4.17. The van der Waals surface area contributed by atoms with Crippen molar-refractivity contribution in [2.45, 2.75) is 52.4 Å². The third kappa shape index (κ3) is 8.35. The molecule has 5 nitrogen and oxygen atoms in total. The van der Waals surface area contributed by atoms with Gasteiger partial charge in [-0.05, 0) is 104 Å². The van der Waals surface area contributed by atoms with E-state index in [0.29, 0.717) is 17.5 Å². The molecule has 76 heavy (non-hydrogen) atoms. The van der Waals surface area contributed by atoms with Gasteiger partial charge in [-0.2, -0.15) is 0 Å². The van der Waals surface area contributed by atoms with Gasteiger partial charge in [0.15, 0.2) is 17.5 Å². The fourth-order valence-electron chi connectivity index (χ4n) is 10.9. The van der Waals surface area contributed by atoms with Crippen LogP contribution in [0, 0.1) is 0 Å². The molecule has 13 aromatic rings. The molecule has 0 bridgehead atoms. The maximum atomic E-state index is 6.43. The summed E-state index contributed by atoms with van der Waals surface area (Å²) in [7, 11) is 0. The molecule has 0 amide bonds. The molecule has 0 saturated carbocycles. The first kappa shape index (κ1) is 46.6. The lowest BCUT2D eigenvalue weighted by molar-refractivity contribution is 0.590. The summed E-state index contributed by atoms with van der Waals surface area (Å²) in [5, 5.41) is 4.39. The summed E-state index contributed by atoms with van der Waals surface area (Å²) < 4.78 is 8.93. The SMILES string of the molecule is CC(C)(C)c1ccc(-c2ccc3c(c2)c2cc(C(C)(C)C)ccc2n3-c2c(-c3ccccc3)cc(-c3nc(-c4ccc(-c5ccccc5)cc4)nc(-c4cccc5oc6ccccc6c45)n3)cc2-c2ccccc2)cc1. The van der Waals surface area contributed by atoms with Crippen molar-refractivity contribution in [3.05, 3.63) is 242 Å². The largest absolute Gasteiger partial charge is 0.456 e. The second-order valence-electron chi connectivity index (χ2n) is 22.1. The molecule has 3 heterocycles. The van der Waals surface area contributed by atoms with Crippen molar-refractivity contribution in [3.8, 4) is 84.4 Å². The number of nitrogens with zero attached hydrogens (tertiary/aromatic N) is 4. The molecule has 0 aliphatic rings. The number of hydrogen-bond donors (Lipinski definition) is 0. The van der Waals surface area contributed by atoms with Crippen LogP contribution in [0.2, 0.25) is 0 Å². The number of furan rings is 1. The molecule has 0 aliphatic heterocycles. The molecule has 0 fully saturated rings. The normalized spacial score (nSPS) is 12.1. The van der Waals surface area contributed by atoms with E-state index >= 15 is 0 Å². The van der Waals surface area contributed by atoms with Crippen molar-refractivity contribution < 1.29 is 4.42 Å². The van der Waals surface area contributed by atoms with Gasteiger partial charge < -0.3 is 8.98 Å². The highest BCUT2D eigenvalue weighted by atomic mass is 16.3.